The van der Waals surface area contributed by atoms with Crippen molar-refractivity contribution in [2.24, 2.45) is 0 Å². The zero-order chi connectivity index (χ0) is 56.4. The van der Waals surface area contributed by atoms with Gasteiger partial charge in [-0.05, 0) is 51.4 Å². The minimum atomic E-state index is -0.769. The molecule has 460 valence electrons. The molecule has 0 aromatic carbocycles. The van der Waals surface area contributed by atoms with Crippen molar-refractivity contribution >= 4 is 17.9 Å². The quantitative estimate of drug-likeness (QED) is 0.0261. The number of carbonyl (C=O) groups excluding carboxylic acids is 3. The number of hydrogen-bond acceptors (Lipinski definition) is 6. The standard InChI is InChI=1S/C72H136O6/c1-4-7-10-13-16-19-21-23-25-27-29-30-31-32-33-34-35-36-37-38-39-40-41-43-44-46-48-50-53-56-59-62-65-71(74)77-68-69(67-76-70(73)64-61-58-55-52-18-15-12-9-6-3)78-72(75)66-63-60-57-54-51-49-47-45-42-28-26-24-22-20-17-14-11-8-5-2/h17,20,24,26,69H,4-16,18-19,21-23,25,27-68H2,1-3H3/b20-17-,26-24-. The SMILES string of the molecule is CCCCC/C=C\C/C=C\CCCCCCCCCCCC(=O)OC(COC(=O)CCCCCCCCCCC)COC(=O)CCCCCCCCCCCCCCCCCCCCCCCCCCCCCCCCCC. The van der Waals surface area contributed by atoms with E-state index >= 15 is 0 Å². The maximum atomic E-state index is 12.9. The Balaban J connectivity index is 4.02. The van der Waals surface area contributed by atoms with Crippen molar-refractivity contribution in [1.82, 2.24) is 0 Å². The van der Waals surface area contributed by atoms with Gasteiger partial charge in [0.25, 0.3) is 0 Å². The van der Waals surface area contributed by atoms with Crippen LogP contribution in [0.15, 0.2) is 24.3 Å². The molecule has 0 aliphatic heterocycles. The Labute approximate surface area is 487 Å². The number of ether oxygens (including phenoxy) is 3. The third kappa shape index (κ3) is 64.7. The molecule has 1 unspecified atom stereocenters. The molecular weight excluding hydrogens is 961 g/mol. The van der Waals surface area contributed by atoms with E-state index in [4.69, 9.17) is 14.2 Å². The topological polar surface area (TPSA) is 78.9 Å². The summed E-state index contributed by atoms with van der Waals surface area (Å²) in [6, 6.07) is 0. The summed E-state index contributed by atoms with van der Waals surface area (Å²) in [5, 5.41) is 0. The Kier molecular flexibility index (Phi) is 65.6. The summed E-state index contributed by atoms with van der Waals surface area (Å²) in [6.07, 6.45) is 82.4. The molecule has 0 aliphatic rings. The van der Waals surface area contributed by atoms with Crippen molar-refractivity contribution in [3.63, 3.8) is 0 Å². The van der Waals surface area contributed by atoms with Crippen molar-refractivity contribution in [3.05, 3.63) is 24.3 Å². The maximum absolute atomic E-state index is 12.9. The van der Waals surface area contributed by atoms with Gasteiger partial charge in [0.2, 0.25) is 0 Å². The lowest BCUT2D eigenvalue weighted by Crippen LogP contribution is -2.30. The van der Waals surface area contributed by atoms with Gasteiger partial charge in [-0.15, -0.1) is 0 Å². The average molecular weight is 1100 g/mol. The van der Waals surface area contributed by atoms with E-state index in [9.17, 15) is 14.4 Å². The van der Waals surface area contributed by atoms with Gasteiger partial charge in [-0.1, -0.05) is 353 Å². The normalized spacial score (nSPS) is 12.1. The summed E-state index contributed by atoms with van der Waals surface area (Å²) in [5.74, 6) is -0.847. The van der Waals surface area contributed by atoms with E-state index in [1.165, 1.54) is 295 Å². The first-order chi connectivity index (χ1) is 38.5. The van der Waals surface area contributed by atoms with E-state index in [-0.39, 0.29) is 31.1 Å². The Hall–Kier alpha value is -2.11. The highest BCUT2D eigenvalue weighted by atomic mass is 16.6. The van der Waals surface area contributed by atoms with Gasteiger partial charge in [-0.2, -0.15) is 0 Å². The highest BCUT2D eigenvalue weighted by Crippen LogP contribution is 2.19. The molecule has 0 amide bonds. The summed E-state index contributed by atoms with van der Waals surface area (Å²) < 4.78 is 16.9. The van der Waals surface area contributed by atoms with Crippen molar-refractivity contribution in [1.29, 1.82) is 0 Å². The molecule has 0 N–H and O–H groups in total. The van der Waals surface area contributed by atoms with Crippen LogP contribution < -0.4 is 0 Å². The highest BCUT2D eigenvalue weighted by Gasteiger charge is 2.19. The predicted molar refractivity (Wildman–Crippen MR) is 340 cm³/mol. The minimum absolute atomic E-state index is 0.0671. The van der Waals surface area contributed by atoms with E-state index in [0.717, 1.165) is 64.2 Å². The van der Waals surface area contributed by atoms with Gasteiger partial charge >= 0.3 is 17.9 Å². The van der Waals surface area contributed by atoms with Crippen molar-refractivity contribution < 1.29 is 28.6 Å². The molecule has 0 radical (unpaired) electrons. The van der Waals surface area contributed by atoms with Crippen LogP contribution in [0.25, 0.3) is 0 Å². The lowest BCUT2D eigenvalue weighted by molar-refractivity contribution is -0.167. The van der Waals surface area contributed by atoms with Gasteiger partial charge in [0.05, 0.1) is 0 Å². The number of unbranched alkanes of at least 4 members (excludes halogenated alkanes) is 51. The van der Waals surface area contributed by atoms with Crippen molar-refractivity contribution in [2.75, 3.05) is 13.2 Å². The van der Waals surface area contributed by atoms with E-state index in [1.807, 2.05) is 0 Å². The molecule has 0 aliphatic carbocycles. The lowest BCUT2D eigenvalue weighted by atomic mass is 10.0. The maximum Gasteiger partial charge on any atom is 0.306 e. The first-order valence-electron chi connectivity index (χ1n) is 35.3. The molecule has 0 fully saturated rings. The molecule has 78 heavy (non-hydrogen) atoms. The number of allylic oxidation sites excluding steroid dienone is 4. The molecule has 0 saturated carbocycles. The average Bonchev–Trinajstić information content (AvgIpc) is 3.44. The van der Waals surface area contributed by atoms with E-state index in [2.05, 4.69) is 45.1 Å². The molecule has 1 atom stereocenters. The van der Waals surface area contributed by atoms with Crippen molar-refractivity contribution in [2.45, 2.75) is 406 Å². The van der Waals surface area contributed by atoms with Crippen LogP contribution >= 0.6 is 0 Å². The number of hydrogen-bond donors (Lipinski definition) is 0. The molecule has 0 aromatic heterocycles. The monoisotopic (exact) mass is 1100 g/mol. The lowest BCUT2D eigenvalue weighted by Gasteiger charge is -2.18. The summed E-state index contributed by atoms with van der Waals surface area (Å²) in [6.45, 7) is 6.66. The van der Waals surface area contributed by atoms with Gasteiger partial charge in [0.1, 0.15) is 13.2 Å². The van der Waals surface area contributed by atoms with Crippen LogP contribution in [0.5, 0.6) is 0 Å². The third-order valence-corrected chi connectivity index (χ3v) is 16.2. The highest BCUT2D eigenvalue weighted by molar-refractivity contribution is 5.71. The smallest absolute Gasteiger partial charge is 0.306 e. The van der Waals surface area contributed by atoms with Gasteiger partial charge in [-0.25, -0.2) is 0 Å². The molecule has 0 aromatic rings. The van der Waals surface area contributed by atoms with Crippen LogP contribution in [0.4, 0.5) is 0 Å². The van der Waals surface area contributed by atoms with Crippen LogP contribution in [-0.4, -0.2) is 37.2 Å². The van der Waals surface area contributed by atoms with Crippen LogP contribution in [0.2, 0.25) is 0 Å². The molecule has 6 heteroatoms. The Bertz CT molecular complexity index is 1260. The Morgan fingerprint density at radius 3 is 0.731 bits per heavy atom. The molecule has 6 nitrogen and oxygen atoms in total. The number of rotatable bonds is 66. The Morgan fingerprint density at radius 1 is 0.256 bits per heavy atom. The summed E-state index contributed by atoms with van der Waals surface area (Å²) in [7, 11) is 0. The minimum Gasteiger partial charge on any atom is -0.462 e. The molecule has 0 spiro atoms. The van der Waals surface area contributed by atoms with Gasteiger partial charge in [0, 0.05) is 19.3 Å². The van der Waals surface area contributed by atoms with Crippen molar-refractivity contribution in [3.8, 4) is 0 Å². The van der Waals surface area contributed by atoms with Gasteiger partial charge in [-0.3, -0.25) is 14.4 Å². The molecule has 0 rings (SSSR count). The fourth-order valence-electron chi connectivity index (χ4n) is 10.9. The number of esters is 3. The summed E-state index contributed by atoms with van der Waals surface area (Å²) in [5.41, 5.74) is 0. The van der Waals surface area contributed by atoms with Crippen LogP contribution in [0.3, 0.4) is 0 Å². The Morgan fingerprint density at radius 2 is 0.462 bits per heavy atom. The third-order valence-electron chi connectivity index (χ3n) is 16.2. The van der Waals surface area contributed by atoms with Crippen LogP contribution in [0.1, 0.15) is 400 Å². The van der Waals surface area contributed by atoms with E-state index in [1.54, 1.807) is 0 Å². The first-order valence-corrected chi connectivity index (χ1v) is 35.3. The second kappa shape index (κ2) is 67.4. The second-order valence-corrected chi connectivity index (χ2v) is 24.2. The van der Waals surface area contributed by atoms with Gasteiger partial charge < -0.3 is 14.2 Å². The predicted octanol–water partition coefficient (Wildman–Crippen LogP) is 24.2. The molecule has 0 saturated heterocycles. The van der Waals surface area contributed by atoms with E-state index < -0.39 is 6.10 Å². The first kappa shape index (κ1) is 75.9. The fourth-order valence-corrected chi connectivity index (χ4v) is 10.9. The summed E-state index contributed by atoms with van der Waals surface area (Å²) in [4.78, 5) is 38.2. The van der Waals surface area contributed by atoms with Gasteiger partial charge in [0.15, 0.2) is 6.10 Å². The molecule has 0 heterocycles. The van der Waals surface area contributed by atoms with E-state index in [0.29, 0.717) is 19.3 Å². The second-order valence-electron chi connectivity index (χ2n) is 24.2. The molecule has 0 bridgehead atoms. The zero-order valence-electron chi connectivity index (χ0n) is 53.0. The summed E-state index contributed by atoms with van der Waals surface area (Å²) >= 11 is 0. The molecular formula is C72H136O6. The zero-order valence-corrected chi connectivity index (χ0v) is 53.0. The fraction of sp³-hybridized carbons (Fsp3) is 0.903. The van der Waals surface area contributed by atoms with Crippen LogP contribution in [0, 0.1) is 0 Å². The number of carbonyl (C=O) groups is 3. The largest absolute Gasteiger partial charge is 0.462 e. The van der Waals surface area contributed by atoms with Crippen LogP contribution in [-0.2, 0) is 28.6 Å².